The Labute approximate surface area is 168 Å². The number of hydrogen-bond acceptors (Lipinski definition) is 5. The molecule has 3 aromatic rings. The molecule has 9 heteroatoms. The van der Waals surface area contributed by atoms with E-state index in [1.807, 2.05) is 32.8 Å². The number of benzene rings is 2. The zero-order chi connectivity index (χ0) is 21.3. The van der Waals surface area contributed by atoms with Crippen LogP contribution in [0.3, 0.4) is 0 Å². The number of halogens is 1. The fourth-order valence-corrected chi connectivity index (χ4v) is 4.28. The molecule has 156 valence electrons. The Morgan fingerprint density at radius 2 is 1.79 bits per heavy atom. The second-order valence-corrected chi connectivity index (χ2v) is 9.11. The van der Waals surface area contributed by atoms with Gasteiger partial charge in [-0.05, 0) is 57.8 Å². The smallest absolute Gasteiger partial charge is 0.408 e. The number of oxazole rings is 1. The van der Waals surface area contributed by atoms with E-state index in [2.05, 4.69) is 4.72 Å². The molecule has 1 heterocycles. The first kappa shape index (κ1) is 21.2. The SMILES string of the molecule is CC(C)n1c(=O)oc2cc(S(=O)(=O)NC[C@@H](c3ccc(F)cc3)N(C)C)ccc21. The first-order chi connectivity index (χ1) is 13.6. The molecule has 1 atom stereocenters. The van der Waals surface area contributed by atoms with Crippen molar-refractivity contribution in [3.63, 3.8) is 0 Å². The lowest BCUT2D eigenvalue weighted by atomic mass is 10.1. The van der Waals surface area contributed by atoms with Crippen LogP contribution in [0.15, 0.2) is 56.6 Å². The fourth-order valence-electron chi connectivity index (χ4n) is 3.23. The van der Waals surface area contributed by atoms with E-state index in [1.54, 1.807) is 18.2 Å². The second kappa shape index (κ2) is 8.10. The van der Waals surface area contributed by atoms with Crippen LogP contribution in [0.4, 0.5) is 4.39 Å². The number of nitrogens with zero attached hydrogens (tertiary/aromatic N) is 2. The number of hydrogen-bond donors (Lipinski definition) is 1. The monoisotopic (exact) mass is 421 g/mol. The molecule has 0 spiro atoms. The van der Waals surface area contributed by atoms with Crippen LogP contribution in [0.5, 0.6) is 0 Å². The average Bonchev–Trinajstić information content (AvgIpc) is 2.98. The molecule has 0 saturated carbocycles. The predicted octanol–water partition coefficient (Wildman–Crippen LogP) is 2.90. The summed E-state index contributed by atoms with van der Waals surface area (Å²) in [5.41, 5.74) is 1.55. The van der Waals surface area contributed by atoms with Crippen LogP contribution in [0.2, 0.25) is 0 Å². The predicted molar refractivity (Wildman–Crippen MR) is 109 cm³/mol. The minimum atomic E-state index is -3.84. The van der Waals surface area contributed by atoms with Crippen molar-refractivity contribution < 1.29 is 17.2 Å². The molecule has 1 N–H and O–H groups in total. The molecule has 29 heavy (non-hydrogen) atoms. The standard InChI is InChI=1S/C20H24FN3O4S/c1-13(2)24-17-10-9-16(11-19(17)28-20(24)25)29(26,27)22-12-18(23(3)4)14-5-7-15(21)8-6-14/h5-11,13,18,22H,12H2,1-4H3/t18-/m0/s1. The molecule has 0 amide bonds. The normalized spacial score (nSPS) is 13.5. The van der Waals surface area contributed by atoms with E-state index < -0.39 is 15.8 Å². The van der Waals surface area contributed by atoms with Crippen LogP contribution < -0.4 is 10.5 Å². The van der Waals surface area contributed by atoms with Crippen LogP contribution in [0.25, 0.3) is 11.1 Å². The van der Waals surface area contributed by atoms with Crippen molar-refractivity contribution in [2.45, 2.75) is 30.8 Å². The first-order valence-electron chi connectivity index (χ1n) is 9.17. The molecule has 0 saturated heterocycles. The Morgan fingerprint density at radius 1 is 1.14 bits per heavy atom. The van der Waals surface area contributed by atoms with E-state index in [0.29, 0.717) is 5.52 Å². The number of fused-ring (bicyclic) bond motifs is 1. The third kappa shape index (κ3) is 4.42. The van der Waals surface area contributed by atoms with Crippen molar-refractivity contribution in [1.82, 2.24) is 14.2 Å². The van der Waals surface area contributed by atoms with E-state index >= 15 is 0 Å². The first-order valence-corrected chi connectivity index (χ1v) is 10.6. The van der Waals surface area contributed by atoms with Crippen molar-refractivity contribution in [2.24, 2.45) is 0 Å². The van der Waals surface area contributed by atoms with Gasteiger partial charge >= 0.3 is 5.76 Å². The maximum Gasteiger partial charge on any atom is 0.420 e. The van der Waals surface area contributed by atoms with Gasteiger partial charge in [0.15, 0.2) is 5.58 Å². The summed E-state index contributed by atoms with van der Waals surface area (Å²) in [6.07, 6.45) is 0. The van der Waals surface area contributed by atoms with Gasteiger partial charge in [0, 0.05) is 24.7 Å². The highest BCUT2D eigenvalue weighted by molar-refractivity contribution is 7.89. The van der Waals surface area contributed by atoms with Gasteiger partial charge in [-0.15, -0.1) is 0 Å². The molecular weight excluding hydrogens is 397 g/mol. The van der Waals surface area contributed by atoms with Gasteiger partial charge in [0.1, 0.15) is 5.82 Å². The largest absolute Gasteiger partial charge is 0.420 e. The van der Waals surface area contributed by atoms with Crippen LogP contribution >= 0.6 is 0 Å². The summed E-state index contributed by atoms with van der Waals surface area (Å²) >= 11 is 0. The molecule has 0 bridgehead atoms. The van der Waals surface area contributed by atoms with Crippen LogP contribution in [0.1, 0.15) is 31.5 Å². The molecule has 3 rings (SSSR count). The maximum atomic E-state index is 13.2. The van der Waals surface area contributed by atoms with Crippen LogP contribution in [-0.4, -0.2) is 38.5 Å². The summed E-state index contributed by atoms with van der Waals surface area (Å²) in [6, 6.07) is 9.91. The molecule has 7 nitrogen and oxygen atoms in total. The fraction of sp³-hybridized carbons (Fsp3) is 0.350. The molecule has 1 aromatic heterocycles. The summed E-state index contributed by atoms with van der Waals surface area (Å²) in [5, 5.41) is 0. The summed E-state index contributed by atoms with van der Waals surface area (Å²) in [5.74, 6) is -0.878. The van der Waals surface area contributed by atoms with Crippen molar-refractivity contribution in [3.8, 4) is 0 Å². The zero-order valence-corrected chi connectivity index (χ0v) is 17.5. The van der Waals surface area contributed by atoms with Gasteiger partial charge < -0.3 is 9.32 Å². The Bertz CT molecular complexity index is 1160. The van der Waals surface area contributed by atoms with Gasteiger partial charge in [-0.1, -0.05) is 12.1 Å². The van der Waals surface area contributed by atoms with Crippen LogP contribution in [0, 0.1) is 5.82 Å². The number of sulfonamides is 1. The van der Waals surface area contributed by atoms with Gasteiger partial charge in [-0.2, -0.15) is 0 Å². The lowest BCUT2D eigenvalue weighted by molar-refractivity contribution is 0.299. The summed E-state index contributed by atoms with van der Waals surface area (Å²) < 4.78 is 48.1. The quantitative estimate of drug-likeness (QED) is 0.634. The highest BCUT2D eigenvalue weighted by Gasteiger charge is 2.22. The topological polar surface area (TPSA) is 84.5 Å². The molecule has 2 aromatic carbocycles. The molecule has 0 radical (unpaired) electrons. The second-order valence-electron chi connectivity index (χ2n) is 7.34. The number of aromatic nitrogens is 1. The number of likely N-dealkylation sites (N-methyl/N-ethyl adjacent to an activating group) is 1. The third-order valence-electron chi connectivity index (χ3n) is 4.76. The van der Waals surface area contributed by atoms with Gasteiger partial charge in [-0.25, -0.2) is 22.3 Å². The average molecular weight is 421 g/mol. The van der Waals surface area contributed by atoms with Crippen molar-refractivity contribution in [1.29, 1.82) is 0 Å². The third-order valence-corrected chi connectivity index (χ3v) is 6.18. The van der Waals surface area contributed by atoms with Crippen molar-refractivity contribution >= 4 is 21.1 Å². The molecule has 0 aliphatic heterocycles. The lowest BCUT2D eigenvalue weighted by Crippen LogP contribution is -2.34. The van der Waals surface area contributed by atoms with E-state index in [4.69, 9.17) is 4.42 Å². The zero-order valence-electron chi connectivity index (χ0n) is 16.7. The van der Waals surface area contributed by atoms with E-state index in [-0.39, 0.29) is 34.9 Å². The summed E-state index contributed by atoms with van der Waals surface area (Å²) in [6.45, 7) is 3.79. The number of rotatable bonds is 7. The van der Waals surface area contributed by atoms with Gasteiger partial charge in [-0.3, -0.25) is 4.57 Å². The van der Waals surface area contributed by atoms with Crippen LogP contribution in [-0.2, 0) is 10.0 Å². The molecule has 0 unspecified atom stereocenters. The van der Waals surface area contributed by atoms with Gasteiger partial charge in [0.2, 0.25) is 10.0 Å². The lowest BCUT2D eigenvalue weighted by Gasteiger charge is -2.25. The number of nitrogens with one attached hydrogen (secondary N) is 1. The Kier molecular flexibility index (Phi) is 5.92. The molecule has 0 aliphatic carbocycles. The van der Waals surface area contributed by atoms with Crippen molar-refractivity contribution in [2.75, 3.05) is 20.6 Å². The minimum Gasteiger partial charge on any atom is -0.408 e. The highest BCUT2D eigenvalue weighted by atomic mass is 32.2. The van der Waals surface area contributed by atoms with E-state index in [0.717, 1.165) is 5.56 Å². The Balaban J connectivity index is 1.86. The summed E-state index contributed by atoms with van der Waals surface area (Å²) in [7, 11) is -0.208. The van der Waals surface area contributed by atoms with Crippen molar-refractivity contribution in [3.05, 3.63) is 64.4 Å². The molecule has 0 fully saturated rings. The van der Waals surface area contributed by atoms with E-state index in [1.165, 1.54) is 28.8 Å². The Morgan fingerprint density at radius 3 is 2.38 bits per heavy atom. The minimum absolute atomic E-state index is 0.00580. The molecule has 0 aliphatic rings. The van der Waals surface area contributed by atoms with Gasteiger partial charge in [0.25, 0.3) is 0 Å². The summed E-state index contributed by atoms with van der Waals surface area (Å²) in [4.78, 5) is 13.9. The van der Waals surface area contributed by atoms with E-state index in [9.17, 15) is 17.6 Å². The maximum absolute atomic E-state index is 13.2. The Hall–Kier alpha value is -2.49. The highest BCUT2D eigenvalue weighted by Crippen LogP contribution is 2.22. The molecular formula is C20H24FN3O4S. The van der Waals surface area contributed by atoms with Gasteiger partial charge in [0.05, 0.1) is 10.4 Å².